The second-order valence-corrected chi connectivity index (χ2v) is 6.83. The number of rotatable bonds is 10. The Balaban J connectivity index is 1.29. The van der Waals surface area contributed by atoms with Crippen molar-refractivity contribution in [3.05, 3.63) is 65.9 Å². The van der Waals surface area contributed by atoms with Crippen molar-refractivity contribution in [3.8, 4) is 5.75 Å². The van der Waals surface area contributed by atoms with Gasteiger partial charge < -0.3 is 19.8 Å². The number of aryl methyl sites for hydroxylation is 1. The second kappa shape index (κ2) is 10.4. The van der Waals surface area contributed by atoms with Gasteiger partial charge in [0.15, 0.2) is 0 Å². The molecule has 0 bridgehead atoms. The van der Waals surface area contributed by atoms with Gasteiger partial charge in [0.2, 0.25) is 0 Å². The number of fused-ring (bicyclic) bond motifs is 1. The van der Waals surface area contributed by atoms with Crippen LogP contribution in [0.15, 0.2) is 54.7 Å². The van der Waals surface area contributed by atoms with Gasteiger partial charge in [0, 0.05) is 23.6 Å². The summed E-state index contributed by atoms with van der Waals surface area (Å²) in [6.07, 6.45) is 6.49. The normalized spacial score (nSPS) is 10.8. The van der Waals surface area contributed by atoms with Crippen molar-refractivity contribution in [2.45, 2.75) is 32.1 Å². The Labute approximate surface area is 166 Å². The first-order chi connectivity index (χ1) is 13.8. The first-order valence-electron chi connectivity index (χ1n) is 9.85. The van der Waals surface area contributed by atoms with Gasteiger partial charge in [-0.05, 0) is 61.4 Å². The van der Waals surface area contributed by atoms with Crippen LogP contribution >= 0.6 is 0 Å². The Morgan fingerprint density at radius 2 is 1.89 bits per heavy atom. The molecule has 0 saturated carbocycles. The van der Waals surface area contributed by atoms with Crippen LogP contribution in [-0.4, -0.2) is 31.3 Å². The lowest BCUT2D eigenvalue weighted by molar-refractivity contribution is 0.144. The van der Waals surface area contributed by atoms with Crippen LogP contribution in [0.3, 0.4) is 0 Å². The van der Waals surface area contributed by atoms with E-state index in [9.17, 15) is 4.79 Å². The van der Waals surface area contributed by atoms with Gasteiger partial charge in [-0.3, -0.25) is 0 Å². The van der Waals surface area contributed by atoms with Crippen molar-refractivity contribution >= 4 is 17.0 Å². The summed E-state index contributed by atoms with van der Waals surface area (Å²) in [5, 5.41) is 3.94. The van der Waals surface area contributed by atoms with Gasteiger partial charge >= 0.3 is 6.09 Å². The number of amides is 1. The molecule has 0 atom stereocenters. The predicted octanol–water partition coefficient (Wildman–Crippen LogP) is 4.86. The third kappa shape index (κ3) is 5.78. The molecule has 28 heavy (non-hydrogen) atoms. The zero-order valence-electron chi connectivity index (χ0n) is 16.4. The van der Waals surface area contributed by atoms with Crippen LogP contribution in [0, 0.1) is 0 Å². The molecule has 0 unspecified atom stereocenters. The number of nitrogens with one attached hydrogen (secondary N) is 2. The molecule has 0 fully saturated rings. The lowest BCUT2D eigenvalue weighted by Crippen LogP contribution is -2.26. The number of methoxy groups -OCH3 is 1. The summed E-state index contributed by atoms with van der Waals surface area (Å²) in [6.45, 7) is 1.00. The van der Waals surface area contributed by atoms with Crippen LogP contribution in [0.5, 0.6) is 5.75 Å². The zero-order valence-corrected chi connectivity index (χ0v) is 16.4. The third-order valence-corrected chi connectivity index (χ3v) is 4.82. The van der Waals surface area contributed by atoms with Gasteiger partial charge in [-0.1, -0.05) is 30.3 Å². The zero-order chi connectivity index (χ0) is 19.6. The molecule has 2 N–H and O–H groups in total. The lowest BCUT2D eigenvalue weighted by atomic mass is 10.1. The van der Waals surface area contributed by atoms with E-state index in [1.807, 2.05) is 30.5 Å². The molecule has 0 radical (unpaired) electrons. The Morgan fingerprint density at radius 1 is 1.04 bits per heavy atom. The number of aromatic nitrogens is 1. The van der Waals surface area contributed by atoms with Gasteiger partial charge in [0.25, 0.3) is 0 Å². The fourth-order valence-corrected chi connectivity index (χ4v) is 3.26. The first-order valence-corrected chi connectivity index (χ1v) is 9.85. The summed E-state index contributed by atoms with van der Waals surface area (Å²) in [5.74, 6) is 0.827. The van der Waals surface area contributed by atoms with E-state index in [2.05, 4.69) is 34.6 Å². The van der Waals surface area contributed by atoms with E-state index < -0.39 is 0 Å². The van der Waals surface area contributed by atoms with Crippen molar-refractivity contribution in [3.63, 3.8) is 0 Å². The van der Waals surface area contributed by atoms with E-state index in [1.54, 1.807) is 7.11 Å². The quantitative estimate of drug-likeness (QED) is 0.494. The molecule has 0 aliphatic rings. The molecule has 0 aliphatic carbocycles. The number of carbonyl (C=O) groups excluding carboxylic acids is 1. The number of benzene rings is 2. The summed E-state index contributed by atoms with van der Waals surface area (Å²) in [4.78, 5) is 15.1. The fourth-order valence-electron chi connectivity index (χ4n) is 3.26. The number of alkyl carbamates (subject to hydrolysis) is 1. The number of aromatic amines is 1. The Morgan fingerprint density at radius 3 is 2.71 bits per heavy atom. The number of H-pyrrole nitrogens is 1. The summed E-state index contributed by atoms with van der Waals surface area (Å²) < 4.78 is 10.5. The maximum Gasteiger partial charge on any atom is 0.407 e. The summed E-state index contributed by atoms with van der Waals surface area (Å²) >= 11 is 0. The Bertz CT molecular complexity index is 874. The Hall–Kier alpha value is -2.95. The average molecular weight is 380 g/mol. The summed E-state index contributed by atoms with van der Waals surface area (Å²) in [7, 11) is 1.66. The van der Waals surface area contributed by atoms with Crippen LogP contribution in [0.25, 0.3) is 10.9 Å². The molecule has 0 saturated heterocycles. The maximum atomic E-state index is 11.8. The number of hydrogen-bond acceptors (Lipinski definition) is 3. The standard InChI is InChI=1S/C23H28N2O3/c1-27-20-11-12-22-21(16-20)19(17-25-22)13-14-24-23(26)28-15-7-3-6-10-18-8-4-2-5-9-18/h2,4-5,8-9,11-12,16-17,25H,3,6-7,10,13-15H2,1H3,(H,24,26). The highest BCUT2D eigenvalue weighted by molar-refractivity contribution is 5.84. The highest BCUT2D eigenvalue weighted by atomic mass is 16.5. The molecule has 1 amide bonds. The summed E-state index contributed by atoms with van der Waals surface area (Å²) in [5.41, 5.74) is 3.57. The molecule has 5 nitrogen and oxygen atoms in total. The SMILES string of the molecule is COc1ccc2[nH]cc(CCNC(=O)OCCCCCc3ccccc3)c2c1. The minimum Gasteiger partial charge on any atom is -0.497 e. The predicted molar refractivity (Wildman–Crippen MR) is 112 cm³/mol. The van der Waals surface area contributed by atoms with E-state index in [4.69, 9.17) is 9.47 Å². The summed E-state index contributed by atoms with van der Waals surface area (Å²) in [6, 6.07) is 16.4. The molecule has 1 aromatic heterocycles. The van der Waals surface area contributed by atoms with Crippen molar-refractivity contribution in [2.75, 3.05) is 20.3 Å². The van der Waals surface area contributed by atoms with Gasteiger partial charge in [0.05, 0.1) is 13.7 Å². The lowest BCUT2D eigenvalue weighted by Gasteiger charge is -2.07. The molecule has 0 aliphatic heterocycles. The maximum absolute atomic E-state index is 11.8. The minimum atomic E-state index is -0.347. The third-order valence-electron chi connectivity index (χ3n) is 4.82. The molecule has 148 valence electrons. The average Bonchev–Trinajstić information content (AvgIpc) is 3.13. The van der Waals surface area contributed by atoms with Crippen molar-refractivity contribution in [2.24, 2.45) is 0 Å². The van der Waals surface area contributed by atoms with Crippen molar-refractivity contribution < 1.29 is 14.3 Å². The van der Waals surface area contributed by atoms with Gasteiger partial charge in [0.1, 0.15) is 5.75 Å². The molecule has 5 heteroatoms. The monoisotopic (exact) mass is 380 g/mol. The van der Waals surface area contributed by atoms with E-state index in [0.717, 1.165) is 54.3 Å². The molecule has 3 aromatic rings. The van der Waals surface area contributed by atoms with Gasteiger partial charge in [-0.2, -0.15) is 0 Å². The largest absolute Gasteiger partial charge is 0.497 e. The number of carbonyl (C=O) groups is 1. The number of hydrogen-bond donors (Lipinski definition) is 2. The van der Waals surface area contributed by atoms with Gasteiger partial charge in [-0.15, -0.1) is 0 Å². The molecule has 3 rings (SSSR count). The highest BCUT2D eigenvalue weighted by Gasteiger charge is 2.07. The highest BCUT2D eigenvalue weighted by Crippen LogP contribution is 2.23. The van der Waals surface area contributed by atoms with Crippen LogP contribution in [0.4, 0.5) is 4.79 Å². The smallest absolute Gasteiger partial charge is 0.407 e. The molecule has 0 spiro atoms. The fraction of sp³-hybridized carbons (Fsp3) is 0.348. The van der Waals surface area contributed by atoms with Crippen LogP contribution in [0.2, 0.25) is 0 Å². The Kier molecular flexibility index (Phi) is 7.36. The number of ether oxygens (including phenoxy) is 2. The molecular formula is C23H28N2O3. The molecule has 2 aromatic carbocycles. The second-order valence-electron chi connectivity index (χ2n) is 6.83. The van der Waals surface area contributed by atoms with Gasteiger partial charge in [-0.25, -0.2) is 4.79 Å². The minimum absolute atomic E-state index is 0.347. The van der Waals surface area contributed by atoms with E-state index in [0.29, 0.717) is 13.2 Å². The van der Waals surface area contributed by atoms with Crippen molar-refractivity contribution in [1.29, 1.82) is 0 Å². The molecular weight excluding hydrogens is 352 g/mol. The van der Waals surface area contributed by atoms with E-state index in [1.165, 1.54) is 5.56 Å². The molecule has 1 heterocycles. The van der Waals surface area contributed by atoms with Crippen molar-refractivity contribution in [1.82, 2.24) is 10.3 Å². The first kappa shape index (κ1) is 19.8. The van der Waals surface area contributed by atoms with Crippen LogP contribution in [-0.2, 0) is 17.6 Å². The van der Waals surface area contributed by atoms with E-state index in [-0.39, 0.29) is 6.09 Å². The van der Waals surface area contributed by atoms with E-state index >= 15 is 0 Å². The van der Waals surface area contributed by atoms with Crippen LogP contribution in [0.1, 0.15) is 30.4 Å². The topological polar surface area (TPSA) is 63.3 Å². The number of unbranched alkanes of at least 4 members (excludes halogenated alkanes) is 2. The van der Waals surface area contributed by atoms with Crippen LogP contribution < -0.4 is 10.1 Å².